The van der Waals surface area contributed by atoms with E-state index in [0.29, 0.717) is 6.42 Å². The Bertz CT molecular complexity index is 1720. The van der Waals surface area contributed by atoms with E-state index in [-0.39, 0.29) is 35.8 Å². The van der Waals surface area contributed by atoms with Crippen molar-refractivity contribution in [3.8, 4) is 0 Å². The van der Waals surface area contributed by atoms with Crippen LogP contribution in [-0.2, 0) is 46.2 Å². The summed E-state index contributed by atoms with van der Waals surface area (Å²) in [6.45, 7) is -1.29. The number of aliphatic hydroxyl groups is 4. The lowest BCUT2D eigenvalue weighted by molar-refractivity contribution is -0.216. The summed E-state index contributed by atoms with van der Waals surface area (Å²) in [5.74, 6) is -2.39. The number of amides is 1. The average molecular weight is 738 g/mol. The molecule has 0 aliphatic carbocycles. The van der Waals surface area contributed by atoms with Crippen molar-refractivity contribution in [3.63, 3.8) is 0 Å². The number of aromatic nitrogens is 4. The number of rotatable bonds is 11. The summed E-state index contributed by atoms with van der Waals surface area (Å²) >= 11 is 0. The van der Waals surface area contributed by atoms with E-state index in [1.54, 1.807) is 0 Å². The van der Waals surface area contributed by atoms with Gasteiger partial charge in [0.2, 0.25) is 5.79 Å². The molecule has 270 valence electrons. The normalized spacial score (nSPS) is 33.8. The van der Waals surface area contributed by atoms with Crippen LogP contribution < -0.4 is 11.5 Å². The minimum absolute atomic E-state index is 0.0456. The SMILES string of the molecule is NC(=O)C1=CN([C@@H]2O[C@H](COP(=O)(O)OP(=O)(O)OC[C@H]3O[C@@H](n4cnc5c(N)ncnc54)[C@H](O)[C@@H]3O)[C@@H](O)[C@H]2O)C=CC12OCCCO2. The molecule has 1 amide bonds. The summed E-state index contributed by atoms with van der Waals surface area (Å²) in [4.78, 5) is 45.5. The summed E-state index contributed by atoms with van der Waals surface area (Å²) in [6.07, 6.45) is -5.34. The molecule has 4 aliphatic rings. The molecule has 2 aromatic heterocycles. The van der Waals surface area contributed by atoms with Gasteiger partial charge in [0.05, 0.1) is 38.3 Å². The molecule has 6 heterocycles. The molecule has 10 atom stereocenters. The second-order valence-electron chi connectivity index (χ2n) is 11.2. The fourth-order valence-electron chi connectivity index (χ4n) is 5.53. The van der Waals surface area contributed by atoms with Crippen molar-refractivity contribution in [2.45, 2.75) is 61.3 Å². The van der Waals surface area contributed by atoms with E-state index in [2.05, 4.69) is 19.3 Å². The van der Waals surface area contributed by atoms with Crippen molar-refractivity contribution in [1.29, 1.82) is 0 Å². The lowest BCUT2D eigenvalue weighted by atomic mass is 10.0. The highest BCUT2D eigenvalue weighted by Crippen LogP contribution is 2.60. The fraction of sp³-hybridized carbons (Fsp3) is 0.583. The Hall–Kier alpha value is -2.96. The molecule has 0 radical (unpaired) electrons. The first-order chi connectivity index (χ1) is 23.1. The van der Waals surface area contributed by atoms with Gasteiger partial charge in [0.15, 0.2) is 23.9 Å². The van der Waals surface area contributed by atoms with Gasteiger partial charge in [-0.25, -0.2) is 24.1 Å². The monoisotopic (exact) mass is 737 g/mol. The van der Waals surface area contributed by atoms with Crippen LogP contribution >= 0.6 is 15.6 Å². The summed E-state index contributed by atoms with van der Waals surface area (Å²) in [6, 6.07) is 0. The average Bonchev–Trinajstić information content (AvgIpc) is 3.69. The third kappa shape index (κ3) is 7.15. The molecular weight excluding hydrogens is 704 g/mol. The quantitative estimate of drug-likeness (QED) is 0.107. The highest BCUT2D eigenvalue weighted by atomic mass is 31.3. The number of phosphoric acid groups is 2. The standard InChI is InChI=1S/C24H33N7O16P2/c25-19-14-21(28-9-27-19)31(10-29-14)23-18(35)16(33)13(46-23)8-44-49(39,40)47-48(37,38)43-7-12-15(32)17(34)22(45-12)30-3-2-24(11(6-30)20(26)36)41-4-1-5-42-24/h2-3,6,9-10,12-13,15-18,22-23,32-35H,1,4-5,7-8H2,(H2,26,36)(H,37,38)(H,39,40)(H2,25,27,28)/t12-,13-,15-,16-,17-,18-,22-,23-/m1/s1. The lowest BCUT2D eigenvalue weighted by Crippen LogP contribution is -2.49. The van der Waals surface area contributed by atoms with Crippen molar-refractivity contribution in [2.24, 2.45) is 5.73 Å². The number of aliphatic hydroxyl groups excluding tert-OH is 4. The number of hydrogen-bond acceptors (Lipinski definition) is 19. The number of carbonyl (C=O) groups excluding carboxylic acids is 1. The van der Waals surface area contributed by atoms with E-state index >= 15 is 0 Å². The number of nitrogens with two attached hydrogens (primary N) is 2. The molecule has 23 nitrogen and oxygen atoms in total. The van der Waals surface area contributed by atoms with Gasteiger partial charge < -0.3 is 65.5 Å². The Morgan fingerprint density at radius 1 is 0.939 bits per heavy atom. The van der Waals surface area contributed by atoms with Crippen molar-refractivity contribution in [2.75, 3.05) is 32.2 Å². The minimum Gasteiger partial charge on any atom is -0.387 e. The first-order valence-electron chi connectivity index (χ1n) is 14.5. The van der Waals surface area contributed by atoms with Gasteiger partial charge in [-0.2, -0.15) is 4.31 Å². The first-order valence-corrected chi connectivity index (χ1v) is 17.5. The van der Waals surface area contributed by atoms with Crippen LogP contribution in [0.15, 0.2) is 36.7 Å². The van der Waals surface area contributed by atoms with Crippen molar-refractivity contribution < 1.29 is 76.4 Å². The zero-order valence-corrected chi connectivity index (χ0v) is 26.9. The largest absolute Gasteiger partial charge is 0.481 e. The Kier molecular flexibility index (Phi) is 9.98. The van der Waals surface area contributed by atoms with E-state index in [4.69, 9.17) is 39.5 Å². The van der Waals surface area contributed by atoms with E-state index in [1.165, 1.54) is 34.3 Å². The highest BCUT2D eigenvalue weighted by Gasteiger charge is 2.50. The topological polar surface area (TPSA) is 336 Å². The summed E-state index contributed by atoms with van der Waals surface area (Å²) in [5.41, 5.74) is 11.5. The molecular formula is C24H33N7O16P2. The maximum atomic E-state index is 12.6. The number of carbonyl (C=O) groups is 1. The predicted molar refractivity (Wildman–Crippen MR) is 156 cm³/mol. The van der Waals surface area contributed by atoms with Crippen molar-refractivity contribution >= 4 is 38.5 Å². The Morgan fingerprint density at radius 2 is 1.53 bits per heavy atom. The van der Waals surface area contributed by atoms with E-state index in [1.807, 2.05) is 0 Å². The van der Waals surface area contributed by atoms with Gasteiger partial charge in [0.25, 0.3) is 5.91 Å². The molecule has 49 heavy (non-hydrogen) atoms. The Labute approximate surface area is 275 Å². The van der Waals surface area contributed by atoms with Gasteiger partial charge in [0, 0.05) is 12.4 Å². The molecule has 0 saturated carbocycles. The van der Waals surface area contributed by atoms with Gasteiger partial charge in [0.1, 0.15) is 48.5 Å². The number of ether oxygens (including phenoxy) is 4. The lowest BCUT2D eigenvalue weighted by Gasteiger charge is -2.40. The number of nitrogen functional groups attached to an aromatic ring is 1. The van der Waals surface area contributed by atoms with Crippen LogP contribution in [0.3, 0.4) is 0 Å². The van der Waals surface area contributed by atoms with Gasteiger partial charge in [-0.3, -0.25) is 18.4 Å². The smallest absolute Gasteiger partial charge is 0.387 e. The molecule has 25 heteroatoms. The predicted octanol–water partition coefficient (Wildman–Crippen LogP) is -2.94. The summed E-state index contributed by atoms with van der Waals surface area (Å²) < 4.78 is 62.5. The van der Waals surface area contributed by atoms with Gasteiger partial charge >= 0.3 is 15.6 Å². The molecule has 2 aromatic rings. The molecule has 4 aliphatic heterocycles. The fourth-order valence-corrected chi connectivity index (χ4v) is 7.62. The number of fused-ring (bicyclic) bond motifs is 1. The second-order valence-corrected chi connectivity index (χ2v) is 14.2. The number of imidazole rings is 1. The Balaban J connectivity index is 1.03. The summed E-state index contributed by atoms with van der Waals surface area (Å²) in [7, 11) is -10.8. The van der Waals surface area contributed by atoms with Crippen molar-refractivity contribution in [1.82, 2.24) is 24.4 Å². The van der Waals surface area contributed by atoms with Crippen LogP contribution in [0.1, 0.15) is 12.6 Å². The molecule has 3 saturated heterocycles. The molecule has 1 spiro atoms. The highest BCUT2D eigenvalue weighted by molar-refractivity contribution is 7.61. The van der Waals surface area contributed by atoms with Crippen LogP contribution in [0.2, 0.25) is 0 Å². The van der Waals surface area contributed by atoms with Gasteiger partial charge in [-0.05, 0) is 12.5 Å². The molecule has 0 aromatic carbocycles. The molecule has 10 N–H and O–H groups in total. The minimum atomic E-state index is -5.42. The van der Waals surface area contributed by atoms with Gasteiger partial charge in [-0.1, -0.05) is 0 Å². The van der Waals surface area contributed by atoms with E-state index < -0.39 is 89.6 Å². The molecule has 3 fully saturated rings. The van der Waals surface area contributed by atoms with Crippen LogP contribution in [0.4, 0.5) is 5.82 Å². The molecule has 0 bridgehead atoms. The Morgan fingerprint density at radius 3 is 2.14 bits per heavy atom. The zero-order valence-electron chi connectivity index (χ0n) is 25.1. The van der Waals surface area contributed by atoms with Crippen molar-refractivity contribution in [3.05, 3.63) is 36.7 Å². The van der Waals surface area contributed by atoms with Crippen LogP contribution in [0, 0.1) is 0 Å². The maximum absolute atomic E-state index is 12.6. The second kappa shape index (κ2) is 13.6. The van der Waals surface area contributed by atoms with Crippen LogP contribution in [0.5, 0.6) is 0 Å². The number of hydrogen-bond donors (Lipinski definition) is 8. The third-order valence-corrected chi connectivity index (χ3v) is 10.5. The molecule has 2 unspecified atom stereocenters. The zero-order chi connectivity index (χ0) is 35.3. The van der Waals surface area contributed by atoms with E-state index in [9.17, 15) is 44.1 Å². The van der Waals surface area contributed by atoms with Gasteiger partial charge in [-0.15, -0.1) is 0 Å². The van der Waals surface area contributed by atoms with Crippen LogP contribution in [0.25, 0.3) is 11.2 Å². The molecule has 6 rings (SSSR count). The first kappa shape index (κ1) is 35.9. The van der Waals surface area contributed by atoms with Crippen LogP contribution in [-0.4, -0.2) is 136 Å². The maximum Gasteiger partial charge on any atom is 0.481 e. The number of nitrogens with zero attached hydrogens (tertiary/aromatic N) is 5. The van der Waals surface area contributed by atoms with E-state index in [0.717, 1.165) is 6.33 Å². The number of phosphoric ester groups is 2. The number of primary amides is 1. The third-order valence-electron chi connectivity index (χ3n) is 7.95. The summed E-state index contributed by atoms with van der Waals surface area (Å²) in [5, 5.41) is 42.2. The number of anilines is 1.